The molecule has 1 fully saturated rings. The number of aryl methyl sites for hydroxylation is 1. The third kappa shape index (κ3) is 3.96. The molecule has 1 aliphatic rings. The van der Waals surface area contributed by atoms with Crippen LogP contribution in [0.3, 0.4) is 0 Å². The van der Waals surface area contributed by atoms with Crippen LogP contribution in [-0.2, 0) is 21.4 Å². The van der Waals surface area contributed by atoms with Gasteiger partial charge < -0.3 is 4.90 Å². The van der Waals surface area contributed by atoms with Crippen molar-refractivity contribution >= 4 is 27.5 Å². The lowest BCUT2D eigenvalue weighted by molar-refractivity contribution is -0.131. The lowest BCUT2D eigenvalue weighted by Crippen LogP contribution is -2.33. The minimum atomic E-state index is -3.50. The Labute approximate surface area is 129 Å². The van der Waals surface area contributed by atoms with Crippen molar-refractivity contribution in [3.8, 4) is 0 Å². The average molecular weight is 335 g/mol. The summed E-state index contributed by atoms with van der Waals surface area (Å²) in [5, 5.41) is 9.83. The van der Waals surface area contributed by atoms with Gasteiger partial charge in [-0.3, -0.25) is 9.48 Å². The number of hydrogen-bond donors (Lipinski definition) is 1. The average Bonchev–Trinajstić information content (AvgIpc) is 2.89. The molecule has 0 radical (unpaired) electrons. The maximum absolute atomic E-state index is 12.2. The van der Waals surface area contributed by atoms with Crippen LogP contribution in [0.1, 0.15) is 17.8 Å². The number of nitrogens with two attached hydrogens (primary N) is 1. The molecule has 1 aromatic heterocycles. The molecule has 0 aliphatic carbocycles. The van der Waals surface area contributed by atoms with Crippen molar-refractivity contribution in [2.45, 2.75) is 26.8 Å². The van der Waals surface area contributed by atoms with Crippen LogP contribution in [0.15, 0.2) is 0 Å². The first-order valence-electron chi connectivity index (χ1n) is 6.65. The Morgan fingerprint density at radius 2 is 2.14 bits per heavy atom. The zero-order chi connectivity index (χ0) is 15.8. The van der Waals surface area contributed by atoms with E-state index in [0.717, 1.165) is 5.69 Å². The highest BCUT2D eigenvalue weighted by Crippen LogP contribution is 2.21. The third-order valence-corrected chi connectivity index (χ3v) is 5.17. The summed E-state index contributed by atoms with van der Waals surface area (Å²) < 4.78 is 23.7. The second kappa shape index (κ2) is 5.94. The Hall–Kier alpha value is -1.12. The Kier molecular flexibility index (Phi) is 4.60. The van der Waals surface area contributed by atoms with E-state index in [9.17, 15) is 13.2 Å². The molecular formula is C12H19ClN4O3S. The third-order valence-electron chi connectivity index (χ3n) is 3.68. The van der Waals surface area contributed by atoms with Crippen LogP contribution in [0.25, 0.3) is 0 Å². The van der Waals surface area contributed by atoms with Gasteiger partial charge in [-0.25, -0.2) is 13.6 Å². The van der Waals surface area contributed by atoms with Crippen LogP contribution in [0.2, 0.25) is 5.02 Å². The first kappa shape index (κ1) is 16.3. The van der Waals surface area contributed by atoms with Crippen LogP contribution >= 0.6 is 11.6 Å². The van der Waals surface area contributed by atoms with E-state index >= 15 is 0 Å². The summed E-state index contributed by atoms with van der Waals surface area (Å²) in [6.45, 7) is 4.67. The summed E-state index contributed by atoms with van der Waals surface area (Å²) in [6.07, 6.45) is 0.653. The molecule has 2 heterocycles. The van der Waals surface area contributed by atoms with Gasteiger partial charge in [0.25, 0.3) is 0 Å². The van der Waals surface area contributed by atoms with Crippen molar-refractivity contribution in [2.75, 3.05) is 18.8 Å². The number of carbonyl (C=O) groups is 1. The number of sulfonamides is 1. The number of likely N-dealkylation sites (tertiary alicyclic amines) is 1. The molecule has 0 unspecified atom stereocenters. The number of carbonyl (C=O) groups excluding carboxylic acids is 1. The number of halogens is 1. The van der Waals surface area contributed by atoms with Gasteiger partial charge in [-0.05, 0) is 26.2 Å². The zero-order valence-electron chi connectivity index (χ0n) is 12.0. The molecule has 0 spiro atoms. The van der Waals surface area contributed by atoms with E-state index in [1.54, 1.807) is 16.5 Å². The summed E-state index contributed by atoms with van der Waals surface area (Å²) in [6, 6.07) is 0. The van der Waals surface area contributed by atoms with Crippen molar-refractivity contribution in [1.82, 2.24) is 14.7 Å². The van der Waals surface area contributed by atoms with Crippen LogP contribution < -0.4 is 5.14 Å². The van der Waals surface area contributed by atoms with Crippen LogP contribution in [-0.4, -0.2) is 47.8 Å². The molecule has 0 saturated carbocycles. The second-order valence-corrected chi connectivity index (χ2v) is 7.50. The van der Waals surface area contributed by atoms with Crippen LogP contribution in [0.4, 0.5) is 0 Å². The molecule has 21 heavy (non-hydrogen) atoms. The molecule has 1 aromatic rings. The fraction of sp³-hybridized carbons (Fsp3) is 0.667. The Morgan fingerprint density at radius 3 is 2.67 bits per heavy atom. The zero-order valence-corrected chi connectivity index (χ0v) is 13.6. The van der Waals surface area contributed by atoms with Crippen molar-refractivity contribution in [1.29, 1.82) is 0 Å². The molecule has 9 heteroatoms. The first-order valence-corrected chi connectivity index (χ1v) is 8.74. The van der Waals surface area contributed by atoms with E-state index < -0.39 is 10.0 Å². The topological polar surface area (TPSA) is 98.3 Å². The number of rotatable bonds is 4. The monoisotopic (exact) mass is 334 g/mol. The van der Waals surface area contributed by atoms with Gasteiger partial charge in [-0.15, -0.1) is 0 Å². The summed E-state index contributed by atoms with van der Waals surface area (Å²) >= 11 is 6.05. The fourth-order valence-electron chi connectivity index (χ4n) is 2.58. The molecule has 0 bridgehead atoms. The normalized spacial score (nSPS) is 19.2. The minimum absolute atomic E-state index is 0.0808. The van der Waals surface area contributed by atoms with Gasteiger partial charge in [-0.1, -0.05) is 11.6 Å². The Balaban J connectivity index is 1.97. The molecule has 2 N–H and O–H groups in total. The highest BCUT2D eigenvalue weighted by atomic mass is 35.5. The van der Waals surface area contributed by atoms with Gasteiger partial charge in [0.15, 0.2) is 0 Å². The highest BCUT2D eigenvalue weighted by Gasteiger charge is 2.29. The number of nitrogens with zero attached hydrogens (tertiary/aromatic N) is 3. The number of amides is 1. The molecule has 0 aromatic carbocycles. The van der Waals surface area contributed by atoms with Crippen molar-refractivity contribution in [3.05, 3.63) is 16.4 Å². The summed E-state index contributed by atoms with van der Waals surface area (Å²) in [4.78, 5) is 13.9. The van der Waals surface area contributed by atoms with Gasteiger partial charge in [-0.2, -0.15) is 5.10 Å². The summed E-state index contributed by atoms with van der Waals surface area (Å²) in [5.41, 5.74) is 1.44. The fourth-order valence-corrected chi connectivity index (χ4v) is 3.65. The van der Waals surface area contributed by atoms with Crippen molar-refractivity contribution < 1.29 is 13.2 Å². The van der Waals surface area contributed by atoms with E-state index in [4.69, 9.17) is 16.7 Å². The van der Waals surface area contributed by atoms with Crippen molar-refractivity contribution in [2.24, 2.45) is 11.1 Å². The largest absolute Gasteiger partial charge is 0.341 e. The maximum atomic E-state index is 12.2. The van der Waals surface area contributed by atoms with Gasteiger partial charge >= 0.3 is 0 Å². The van der Waals surface area contributed by atoms with Gasteiger partial charge in [0.1, 0.15) is 6.54 Å². The van der Waals surface area contributed by atoms with E-state index in [-0.39, 0.29) is 24.1 Å². The summed E-state index contributed by atoms with van der Waals surface area (Å²) in [7, 11) is -3.50. The molecule has 1 aliphatic heterocycles. The van der Waals surface area contributed by atoms with Crippen molar-refractivity contribution in [3.63, 3.8) is 0 Å². The second-order valence-electron chi connectivity index (χ2n) is 5.47. The standard InChI is InChI=1S/C12H19ClN4O3S/c1-8-12(13)9(2)17(15-8)6-11(18)16-4-3-10(5-16)7-21(14,19)20/h10H,3-7H2,1-2H3,(H2,14,19,20)/t10-/m0/s1. The van der Waals surface area contributed by atoms with Gasteiger partial charge in [0, 0.05) is 13.1 Å². The lowest BCUT2D eigenvalue weighted by Gasteiger charge is -2.17. The minimum Gasteiger partial charge on any atom is -0.341 e. The van der Waals surface area contributed by atoms with Crippen LogP contribution in [0, 0.1) is 19.8 Å². The molecule has 118 valence electrons. The van der Waals surface area contributed by atoms with E-state index in [0.29, 0.717) is 30.2 Å². The lowest BCUT2D eigenvalue weighted by atomic mass is 10.2. The molecule has 2 rings (SSSR count). The first-order chi connectivity index (χ1) is 9.67. The smallest absolute Gasteiger partial charge is 0.244 e. The molecule has 1 atom stereocenters. The molecule has 1 saturated heterocycles. The summed E-state index contributed by atoms with van der Waals surface area (Å²) in [5.74, 6) is -0.259. The molecule has 7 nitrogen and oxygen atoms in total. The van der Waals surface area contributed by atoms with Gasteiger partial charge in [0.2, 0.25) is 15.9 Å². The Bertz CT molecular complexity index is 656. The van der Waals surface area contributed by atoms with E-state index in [1.807, 2.05) is 6.92 Å². The Morgan fingerprint density at radius 1 is 1.48 bits per heavy atom. The van der Waals surface area contributed by atoms with Gasteiger partial charge in [0.05, 0.1) is 22.2 Å². The number of primary sulfonamides is 1. The van der Waals surface area contributed by atoms with Crippen LogP contribution in [0.5, 0.6) is 0 Å². The van der Waals surface area contributed by atoms with E-state index in [1.165, 1.54) is 0 Å². The predicted molar refractivity (Wildman–Crippen MR) is 79.4 cm³/mol. The SMILES string of the molecule is Cc1nn(CC(=O)N2CC[C@H](CS(N)(=O)=O)C2)c(C)c1Cl. The molecular weight excluding hydrogens is 316 g/mol. The number of aromatic nitrogens is 2. The van der Waals surface area contributed by atoms with E-state index in [2.05, 4.69) is 5.10 Å². The highest BCUT2D eigenvalue weighted by molar-refractivity contribution is 7.89. The molecule has 1 amide bonds. The maximum Gasteiger partial charge on any atom is 0.244 e. The number of hydrogen-bond acceptors (Lipinski definition) is 4. The predicted octanol–water partition coefficient (Wildman–Crippen LogP) is 0.290. The quantitative estimate of drug-likeness (QED) is 0.855.